The average Bonchev–Trinajstić information content (AvgIpc) is 3.23. The van der Waals surface area contributed by atoms with Crippen molar-refractivity contribution in [1.29, 1.82) is 0 Å². The van der Waals surface area contributed by atoms with Crippen LogP contribution in [0.5, 0.6) is 0 Å². The highest BCUT2D eigenvalue weighted by Crippen LogP contribution is 2.35. The zero-order chi connectivity index (χ0) is 17.4. The molecule has 4 heteroatoms. The molecule has 0 aliphatic heterocycles. The minimum absolute atomic E-state index is 0.212. The van der Waals surface area contributed by atoms with Gasteiger partial charge in [0.15, 0.2) is 0 Å². The van der Waals surface area contributed by atoms with E-state index in [2.05, 4.69) is 22.7 Å². The Morgan fingerprint density at radius 2 is 1.92 bits per heavy atom. The van der Waals surface area contributed by atoms with E-state index in [-0.39, 0.29) is 5.82 Å². The molecule has 1 fully saturated rings. The Morgan fingerprint density at radius 3 is 2.64 bits per heavy atom. The summed E-state index contributed by atoms with van der Waals surface area (Å²) in [7, 11) is 0. The Labute approximate surface area is 147 Å². The molecule has 1 saturated carbocycles. The third-order valence-electron chi connectivity index (χ3n) is 5.24. The molecule has 1 aliphatic rings. The average molecular weight is 337 g/mol. The van der Waals surface area contributed by atoms with Gasteiger partial charge in [-0.15, -0.1) is 0 Å². The van der Waals surface area contributed by atoms with Crippen molar-refractivity contribution in [3.05, 3.63) is 53.5 Å². The highest BCUT2D eigenvalue weighted by molar-refractivity contribution is 5.79. The number of benzene rings is 1. The van der Waals surface area contributed by atoms with E-state index >= 15 is 0 Å². The molecule has 3 nitrogen and oxygen atoms in total. The van der Waals surface area contributed by atoms with Crippen LogP contribution in [0, 0.1) is 12.7 Å². The summed E-state index contributed by atoms with van der Waals surface area (Å²) in [6.07, 6.45) is 5.74. The smallest absolute Gasteiger partial charge is 0.139 e. The third kappa shape index (κ3) is 2.80. The fraction of sp³-hybridized carbons (Fsp3) is 0.381. The molecule has 2 aromatic heterocycles. The van der Waals surface area contributed by atoms with Crippen LogP contribution in [0.4, 0.5) is 10.2 Å². The SMILES string of the molecule is CCc1cccc2nc(-c3c(C)cccc3F)c(NC3CCCC3)n12. The van der Waals surface area contributed by atoms with Gasteiger partial charge in [-0.25, -0.2) is 9.37 Å². The first-order valence-electron chi connectivity index (χ1n) is 9.21. The van der Waals surface area contributed by atoms with E-state index in [0.717, 1.165) is 42.0 Å². The van der Waals surface area contributed by atoms with Crippen LogP contribution in [0.2, 0.25) is 0 Å². The number of fused-ring (bicyclic) bond motifs is 1. The maximum Gasteiger partial charge on any atom is 0.139 e. The van der Waals surface area contributed by atoms with Crippen molar-refractivity contribution in [3.8, 4) is 11.3 Å². The topological polar surface area (TPSA) is 29.3 Å². The molecule has 0 spiro atoms. The van der Waals surface area contributed by atoms with Crippen LogP contribution in [-0.2, 0) is 6.42 Å². The quantitative estimate of drug-likeness (QED) is 0.694. The summed E-state index contributed by atoms with van der Waals surface area (Å²) in [5, 5.41) is 3.69. The van der Waals surface area contributed by atoms with Gasteiger partial charge in [0.2, 0.25) is 0 Å². The minimum Gasteiger partial charge on any atom is -0.367 e. The van der Waals surface area contributed by atoms with Crippen LogP contribution in [0.25, 0.3) is 16.9 Å². The van der Waals surface area contributed by atoms with Crippen LogP contribution >= 0.6 is 0 Å². The molecule has 1 aliphatic carbocycles. The number of rotatable bonds is 4. The number of pyridine rings is 1. The lowest BCUT2D eigenvalue weighted by Crippen LogP contribution is -2.17. The molecule has 1 aromatic carbocycles. The van der Waals surface area contributed by atoms with E-state index in [1.165, 1.54) is 24.6 Å². The van der Waals surface area contributed by atoms with Crippen LogP contribution in [0.1, 0.15) is 43.9 Å². The fourth-order valence-corrected chi connectivity index (χ4v) is 3.94. The number of halogens is 1. The first-order valence-corrected chi connectivity index (χ1v) is 9.21. The Hall–Kier alpha value is -2.36. The Morgan fingerprint density at radius 1 is 1.16 bits per heavy atom. The van der Waals surface area contributed by atoms with Crippen molar-refractivity contribution in [3.63, 3.8) is 0 Å². The molecule has 0 unspecified atom stereocenters. The lowest BCUT2D eigenvalue weighted by molar-refractivity contribution is 0.629. The van der Waals surface area contributed by atoms with E-state index in [1.54, 1.807) is 6.07 Å². The number of aromatic nitrogens is 2. The number of aryl methyl sites for hydroxylation is 2. The van der Waals surface area contributed by atoms with Crippen LogP contribution < -0.4 is 5.32 Å². The van der Waals surface area contributed by atoms with Gasteiger partial charge in [0.25, 0.3) is 0 Å². The van der Waals surface area contributed by atoms with Gasteiger partial charge in [-0.05, 0) is 49.9 Å². The normalized spacial score (nSPS) is 15.2. The van der Waals surface area contributed by atoms with Crippen molar-refractivity contribution in [2.24, 2.45) is 0 Å². The molecule has 2 heterocycles. The number of nitrogens with zero attached hydrogens (tertiary/aromatic N) is 2. The molecule has 0 bridgehead atoms. The maximum absolute atomic E-state index is 14.7. The Bertz CT molecular complexity index is 887. The predicted molar refractivity (Wildman–Crippen MR) is 101 cm³/mol. The number of imidazole rings is 1. The summed E-state index contributed by atoms with van der Waals surface area (Å²) >= 11 is 0. The van der Waals surface area contributed by atoms with Gasteiger partial charge in [-0.1, -0.05) is 38.0 Å². The fourth-order valence-electron chi connectivity index (χ4n) is 3.94. The Balaban J connectivity index is 1.96. The van der Waals surface area contributed by atoms with Crippen LogP contribution in [-0.4, -0.2) is 15.4 Å². The van der Waals surface area contributed by atoms with E-state index in [0.29, 0.717) is 11.6 Å². The van der Waals surface area contributed by atoms with Crippen LogP contribution in [0.15, 0.2) is 36.4 Å². The van der Waals surface area contributed by atoms with Gasteiger partial charge in [-0.2, -0.15) is 0 Å². The second-order valence-corrected chi connectivity index (χ2v) is 6.93. The second kappa shape index (κ2) is 6.51. The molecule has 0 saturated heterocycles. The van der Waals surface area contributed by atoms with Gasteiger partial charge in [0, 0.05) is 17.3 Å². The van der Waals surface area contributed by atoms with E-state index < -0.39 is 0 Å². The van der Waals surface area contributed by atoms with E-state index in [9.17, 15) is 4.39 Å². The number of anilines is 1. The van der Waals surface area contributed by atoms with Crippen molar-refractivity contribution in [2.75, 3.05) is 5.32 Å². The molecule has 1 N–H and O–H groups in total. The molecule has 0 radical (unpaired) electrons. The summed E-state index contributed by atoms with van der Waals surface area (Å²) in [6, 6.07) is 11.8. The molecule has 4 rings (SSSR count). The maximum atomic E-state index is 14.7. The molecule has 0 atom stereocenters. The number of hydrogen-bond acceptors (Lipinski definition) is 2. The Kier molecular flexibility index (Phi) is 4.20. The number of nitrogens with one attached hydrogen (secondary N) is 1. The summed E-state index contributed by atoms with van der Waals surface area (Å²) in [5.41, 5.74) is 4.30. The first kappa shape index (κ1) is 16.1. The minimum atomic E-state index is -0.212. The monoisotopic (exact) mass is 337 g/mol. The summed E-state index contributed by atoms with van der Waals surface area (Å²) in [6.45, 7) is 4.09. The standard InChI is InChI=1S/C21H24FN3/c1-3-16-11-7-13-18-24-20(19-14(2)8-6-12-17(19)22)21(25(16)18)23-15-9-4-5-10-15/h6-8,11-13,15,23H,3-5,9-10H2,1-2H3. The molecule has 0 amide bonds. The van der Waals surface area contributed by atoms with Gasteiger partial charge < -0.3 is 5.32 Å². The molecular weight excluding hydrogens is 313 g/mol. The lowest BCUT2D eigenvalue weighted by Gasteiger charge is -2.17. The van der Waals surface area contributed by atoms with Crippen molar-refractivity contribution >= 4 is 11.5 Å². The van der Waals surface area contributed by atoms with Crippen molar-refractivity contribution < 1.29 is 4.39 Å². The first-order chi connectivity index (χ1) is 12.2. The van der Waals surface area contributed by atoms with E-state index in [1.807, 2.05) is 25.1 Å². The van der Waals surface area contributed by atoms with E-state index in [4.69, 9.17) is 4.98 Å². The molecule has 25 heavy (non-hydrogen) atoms. The van der Waals surface area contributed by atoms with Crippen molar-refractivity contribution in [1.82, 2.24) is 9.38 Å². The zero-order valence-electron chi connectivity index (χ0n) is 14.8. The highest BCUT2D eigenvalue weighted by atomic mass is 19.1. The zero-order valence-corrected chi connectivity index (χ0v) is 14.8. The summed E-state index contributed by atoms with van der Waals surface area (Å²) < 4.78 is 16.8. The number of hydrogen-bond donors (Lipinski definition) is 1. The highest BCUT2D eigenvalue weighted by Gasteiger charge is 2.23. The second-order valence-electron chi connectivity index (χ2n) is 6.93. The lowest BCUT2D eigenvalue weighted by atomic mass is 10.0. The summed E-state index contributed by atoms with van der Waals surface area (Å²) in [5.74, 6) is 0.725. The molecule has 3 aromatic rings. The van der Waals surface area contributed by atoms with Crippen LogP contribution in [0.3, 0.4) is 0 Å². The summed E-state index contributed by atoms with van der Waals surface area (Å²) in [4.78, 5) is 4.82. The largest absolute Gasteiger partial charge is 0.367 e. The third-order valence-corrected chi connectivity index (χ3v) is 5.24. The predicted octanol–water partition coefficient (Wildman–Crippen LogP) is 5.37. The van der Waals surface area contributed by atoms with Gasteiger partial charge in [-0.3, -0.25) is 4.40 Å². The molecule has 130 valence electrons. The molecular formula is C21H24FN3. The van der Waals surface area contributed by atoms with Crippen molar-refractivity contribution in [2.45, 2.75) is 52.0 Å². The van der Waals surface area contributed by atoms with Gasteiger partial charge in [0.05, 0.1) is 0 Å². The van der Waals surface area contributed by atoms with Gasteiger partial charge in [0.1, 0.15) is 23.0 Å². The van der Waals surface area contributed by atoms with Gasteiger partial charge >= 0.3 is 0 Å².